The molecule has 0 saturated carbocycles. The number of hydrogen-bond donors (Lipinski definition) is 1. The predicted molar refractivity (Wildman–Crippen MR) is 212 cm³/mol. The van der Waals surface area contributed by atoms with E-state index in [1.807, 2.05) is 11.3 Å². The summed E-state index contributed by atoms with van der Waals surface area (Å²) in [6, 6.07) is 25.5. The zero-order valence-electron chi connectivity index (χ0n) is 29.3. The number of anilines is 3. The molecule has 0 atom stereocenters. The van der Waals surface area contributed by atoms with Crippen LogP contribution in [0.4, 0.5) is 17.1 Å². The van der Waals surface area contributed by atoms with Gasteiger partial charge in [-0.1, -0.05) is 82.3 Å². The van der Waals surface area contributed by atoms with E-state index in [1.54, 1.807) is 0 Å². The Labute approximate surface area is 292 Å². The number of nitrogens with zero attached hydrogens (tertiary/aromatic N) is 1. The van der Waals surface area contributed by atoms with Crippen molar-refractivity contribution in [1.29, 1.82) is 0 Å². The van der Waals surface area contributed by atoms with E-state index < -0.39 is 0 Å². The van der Waals surface area contributed by atoms with Gasteiger partial charge < -0.3 is 14.3 Å². The molecule has 0 unspecified atom stereocenters. The van der Waals surface area contributed by atoms with Crippen molar-refractivity contribution in [3.05, 3.63) is 106 Å². The van der Waals surface area contributed by atoms with Crippen molar-refractivity contribution in [3.63, 3.8) is 0 Å². The summed E-state index contributed by atoms with van der Waals surface area (Å²) in [5, 5.41) is 3.96. The molecular weight excluding hydrogens is 615 g/mol. The summed E-state index contributed by atoms with van der Waals surface area (Å²) in [6.45, 7) is 14.3. The van der Waals surface area contributed by atoms with E-state index in [2.05, 4.69) is 130 Å². The normalized spacial score (nSPS) is 17.2. The Morgan fingerprint density at radius 1 is 0.837 bits per heavy atom. The van der Waals surface area contributed by atoms with Crippen LogP contribution >= 0.6 is 11.3 Å². The molecule has 242 valence electrons. The van der Waals surface area contributed by atoms with Crippen LogP contribution in [0.5, 0.6) is 0 Å². The molecule has 0 bridgehead atoms. The van der Waals surface area contributed by atoms with Gasteiger partial charge in [0.1, 0.15) is 10.6 Å². The number of fused-ring (bicyclic) bond motifs is 10. The van der Waals surface area contributed by atoms with Crippen LogP contribution in [-0.2, 0) is 17.3 Å². The molecule has 0 spiro atoms. The SMILES string of the molecule is Cc1cc(-c2cccc3c2[nH]c2sc4ccccc4c23)c2c(c1)N(c1cc3c(cc1C)C(C)(C)CCC3(C)C)c1c(oc3c1CCC=C3)B2. The van der Waals surface area contributed by atoms with E-state index in [4.69, 9.17) is 4.42 Å². The maximum absolute atomic E-state index is 6.82. The van der Waals surface area contributed by atoms with E-state index in [0.717, 1.165) is 31.5 Å². The second kappa shape index (κ2) is 10.0. The van der Waals surface area contributed by atoms with Crippen molar-refractivity contribution in [2.75, 3.05) is 4.90 Å². The number of hydrogen-bond acceptors (Lipinski definition) is 3. The van der Waals surface area contributed by atoms with Crippen LogP contribution in [-0.4, -0.2) is 12.3 Å². The summed E-state index contributed by atoms with van der Waals surface area (Å²) in [7, 11) is 0.772. The second-order valence-electron chi connectivity index (χ2n) is 16.1. The number of thiophene rings is 1. The lowest BCUT2D eigenvalue weighted by atomic mass is 9.60. The Morgan fingerprint density at radius 3 is 2.45 bits per heavy atom. The third kappa shape index (κ3) is 4.15. The minimum atomic E-state index is 0.116. The molecule has 10 rings (SSSR count). The molecule has 0 radical (unpaired) electrons. The fourth-order valence-corrected chi connectivity index (χ4v) is 10.4. The van der Waals surface area contributed by atoms with Crippen molar-refractivity contribution >= 4 is 84.1 Å². The first kappa shape index (κ1) is 29.4. The molecule has 3 aromatic heterocycles. The first-order valence-electron chi connectivity index (χ1n) is 17.9. The lowest BCUT2D eigenvalue weighted by molar-refractivity contribution is 0.332. The number of aryl methyl sites for hydroxylation is 2. The van der Waals surface area contributed by atoms with Gasteiger partial charge in [-0.15, -0.1) is 11.3 Å². The fraction of sp³-hybridized carbons (Fsp3) is 0.273. The summed E-state index contributed by atoms with van der Waals surface area (Å²) < 4.78 is 8.15. The topological polar surface area (TPSA) is 32.2 Å². The minimum absolute atomic E-state index is 0.116. The quantitative estimate of drug-likeness (QED) is 0.188. The van der Waals surface area contributed by atoms with Gasteiger partial charge in [-0.25, -0.2) is 0 Å². The van der Waals surface area contributed by atoms with Gasteiger partial charge in [0, 0.05) is 43.4 Å². The molecule has 0 saturated heterocycles. The number of nitrogens with one attached hydrogen (secondary N) is 1. The van der Waals surface area contributed by atoms with Crippen molar-refractivity contribution in [3.8, 4) is 11.1 Å². The van der Waals surface area contributed by atoms with Gasteiger partial charge in [0.05, 0.1) is 16.9 Å². The maximum Gasteiger partial charge on any atom is 0.244 e. The lowest BCUT2D eigenvalue weighted by Crippen LogP contribution is -2.41. The first-order valence-corrected chi connectivity index (χ1v) is 18.7. The van der Waals surface area contributed by atoms with E-state index in [-0.39, 0.29) is 10.8 Å². The smallest absolute Gasteiger partial charge is 0.244 e. The third-order valence-electron chi connectivity index (χ3n) is 12.0. The number of rotatable bonds is 2. The highest BCUT2D eigenvalue weighted by Gasteiger charge is 2.40. The molecule has 5 heteroatoms. The highest BCUT2D eigenvalue weighted by molar-refractivity contribution is 7.25. The monoisotopic (exact) mass is 656 g/mol. The van der Waals surface area contributed by atoms with E-state index >= 15 is 0 Å². The van der Waals surface area contributed by atoms with Gasteiger partial charge in [-0.3, -0.25) is 0 Å². The van der Waals surface area contributed by atoms with E-state index in [0.29, 0.717) is 0 Å². The summed E-state index contributed by atoms with van der Waals surface area (Å²) in [5.74, 6) is 1.03. The van der Waals surface area contributed by atoms with Gasteiger partial charge in [0.15, 0.2) is 0 Å². The number of aromatic amines is 1. The number of H-pyrrole nitrogens is 1. The second-order valence-corrected chi connectivity index (χ2v) is 17.1. The maximum atomic E-state index is 6.82. The Balaban J connectivity index is 1.25. The zero-order chi connectivity index (χ0) is 33.4. The van der Waals surface area contributed by atoms with Gasteiger partial charge in [0.25, 0.3) is 0 Å². The number of para-hydroxylation sites is 1. The molecule has 4 aromatic carbocycles. The molecule has 3 nitrogen and oxygen atoms in total. The predicted octanol–water partition coefficient (Wildman–Crippen LogP) is 10.9. The fourth-order valence-electron chi connectivity index (χ4n) is 9.24. The van der Waals surface area contributed by atoms with E-state index in [9.17, 15) is 0 Å². The average molecular weight is 657 g/mol. The highest BCUT2D eigenvalue weighted by atomic mass is 32.1. The van der Waals surface area contributed by atoms with Gasteiger partial charge in [-0.05, 0) is 108 Å². The molecule has 1 N–H and O–H groups in total. The molecular formula is C44H41BN2OS. The van der Waals surface area contributed by atoms with Crippen molar-refractivity contribution < 1.29 is 4.42 Å². The third-order valence-corrected chi connectivity index (χ3v) is 13.0. The number of benzene rings is 4. The van der Waals surface area contributed by atoms with Crippen LogP contribution in [0, 0.1) is 13.8 Å². The first-order chi connectivity index (χ1) is 23.6. The van der Waals surface area contributed by atoms with Gasteiger partial charge in [0.2, 0.25) is 7.28 Å². The Hall–Kier alpha value is -4.48. The zero-order valence-corrected chi connectivity index (χ0v) is 30.1. The summed E-state index contributed by atoms with van der Waals surface area (Å²) in [5.41, 5.74) is 17.2. The number of furan rings is 1. The molecule has 4 heterocycles. The molecule has 1 aliphatic heterocycles. The number of aromatic nitrogens is 1. The minimum Gasteiger partial charge on any atom is -0.469 e. The highest BCUT2D eigenvalue weighted by Crippen LogP contribution is 2.51. The summed E-state index contributed by atoms with van der Waals surface area (Å²) in [6.07, 6.45) is 8.92. The molecule has 0 amide bonds. The van der Waals surface area contributed by atoms with Crippen LogP contribution in [0.25, 0.3) is 48.4 Å². The van der Waals surface area contributed by atoms with Crippen molar-refractivity contribution in [1.82, 2.24) is 4.98 Å². The lowest BCUT2D eigenvalue weighted by Gasteiger charge is -2.43. The van der Waals surface area contributed by atoms with Crippen LogP contribution in [0.3, 0.4) is 0 Å². The van der Waals surface area contributed by atoms with Crippen LogP contribution < -0.4 is 16.0 Å². The van der Waals surface area contributed by atoms with Crippen LogP contribution in [0.2, 0.25) is 0 Å². The standard InChI is InChI=1S/C44H41BN2OS/c1-24-20-30(26-14-11-15-29-37-28-13-8-10-17-36(28)49-42(37)46-39(26)29)38-34(21-24)47(40-27-12-7-9-16-35(27)48-41(40)45-38)33-23-32-31(22-25(33)2)43(3,4)18-19-44(32,5)6/h8-11,13-17,20-23,45-46H,7,12,18-19H2,1-6H3. The van der Waals surface area contributed by atoms with Crippen molar-refractivity contribution in [2.45, 2.75) is 78.1 Å². The Kier molecular flexibility index (Phi) is 6.03. The Morgan fingerprint density at radius 2 is 1.61 bits per heavy atom. The molecule has 2 aliphatic carbocycles. The molecule has 49 heavy (non-hydrogen) atoms. The van der Waals surface area contributed by atoms with Gasteiger partial charge in [-0.2, -0.15) is 0 Å². The summed E-state index contributed by atoms with van der Waals surface area (Å²) >= 11 is 1.85. The largest absolute Gasteiger partial charge is 0.469 e. The molecule has 0 fully saturated rings. The van der Waals surface area contributed by atoms with Gasteiger partial charge >= 0.3 is 0 Å². The average Bonchev–Trinajstić information content (AvgIpc) is 3.75. The van der Waals surface area contributed by atoms with E-state index in [1.165, 1.54) is 106 Å². The molecule has 7 aromatic rings. The van der Waals surface area contributed by atoms with Crippen molar-refractivity contribution in [2.24, 2.45) is 0 Å². The Bertz CT molecular complexity index is 2570. The summed E-state index contributed by atoms with van der Waals surface area (Å²) in [4.78, 5) is 7.74. The molecule has 3 aliphatic rings. The van der Waals surface area contributed by atoms with Crippen LogP contribution in [0.15, 0.2) is 77.2 Å². The number of allylic oxidation sites excluding steroid dienone is 1. The van der Waals surface area contributed by atoms with Crippen LogP contribution in [0.1, 0.15) is 80.5 Å².